The number of amides is 1. The molecule has 1 heterocycles. The van der Waals surface area contributed by atoms with Gasteiger partial charge in [-0.3, -0.25) is 4.79 Å². The summed E-state index contributed by atoms with van der Waals surface area (Å²) in [7, 11) is -2.19. The van der Waals surface area contributed by atoms with E-state index in [1.165, 1.54) is 29.1 Å². The fourth-order valence-corrected chi connectivity index (χ4v) is 5.80. The second-order valence-corrected chi connectivity index (χ2v) is 10.6. The quantitative estimate of drug-likeness (QED) is 0.682. The van der Waals surface area contributed by atoms with Gasteiger partial charge in [-0.05, 0) is 81.0 Å². The van der Waals surface area contributed by atoms with Gasteiger partial charge in [0.15, 0.2) is 0 Å². The summed E-state index contributed by atoms with van der Waals surface area (Å²) in [5.41, 5.74) is 4.73. The summed E-state index contributed by atoms with van der Waals surface area (Å²) in [5, 5.41) is 3.02. The summed E-state index contributed by atoms with van der Waals surface area (Å²) in [5.74, 6) is -0.0128. The molecule has 0 aromatic heterocycles. The highest BCUT2D eigenvalue weighted by Gasteiger charge is 2.27. The lowest BCUT2D eigenvalue weighted by Crippen LogP contribution is -2.32. The zero-order chi connectivity index (χ0) is 23.5. The van der Waals surface area contributed by atoms with Gasteiger partial charge < -0.3 is 10.1 Å². The molecule has 0 radical (unpaired) electrons. The number of nitrogens with one attached hydrogen (secondary N) is 1. The third-order valence-electron chi connectivity index (χ3n) is 6.31. The van der Waals surface area contributed by atoms with E-state index in [2.05, 4.69) is 24.4 Å². The number of methoxy groups -OCH3 is 1. The SMILES string of the molecule is COc1ccc(S(=O)(=O)N2CCCCCC2)cc1C(=O)N[C@@H](C)c1cc(C)c(C)cc1C. The van der Waals surface area contributed by atoms with E-state index >= 15 is 0 Å². The van der Waals surface area contributed by atoms with Crippen LogP contribution in [-0.4, -0.2) is 38.8 Å². The number of aryl methyl sites for hydroxylation is 3. The maximum Gasteiger partial charge on any atom is 0.255 e. The zero-order valence-corrected chi connectivity index (χ0v) is 20.5. The average Bonchev–Trinajstić information content (AvgIpc) is 3.05. The molecule has 1 atom stereocenters. The molecule has 6 nitrogen and oxygen atoms in total. The van der Waals surface area contributed by atoms with E-state index in [1.54, 1.807) is 6.07 Å². The minimum absolute atomic E-state index is 0.125. The molecule has 0 aliphatic carbocycles. The molecule has 1 amide bonds. The molecule has 2 aromatic rings. The summed E-state index contributed by atoms with van der Waals surface area (Å²) in [6, 6.07) is 8.49. The van der Waals surface area contributed by atoms with E-state index in [0.717, 1.165) is 42.4 Å². The van der Waals surface area contributed by atoms with Gasteiger partial charge in [0.25, 0.3) is 5.91 Å². The molecule has 1 aliphatic heterocycles. The lowest BCUT2D eigenvalue weighted by molar-refractivity contribution is 0.0936. The van der Waals surface area contributed by atoms with Gasteiger partial charge in [-0.25, -0.2) is 8.42 Å². The second-order valence-electron chi connectivity index (χ2n) is 8.67. The Bertz CT molecular complexity index is 1090. The molecule has 1 N–H and O–H groups in total. The number of sulfonamides is 1. The standard InChI is InChI=1S/C25H34N2O4S/c1-17-14-19(3)22(15-18(17)2)20(4)26-25(28)23-16-21(10-11-24(23)31-5)32(29,30)27-12-8-6-7-9-13-27/h10-11,14-16,20H,6-9,12-13H2,1-5H3,(H,26,28)/t20-/m0/s1. The fraction of sp³-hybridized carbons (Fsp3) is 0.480. The van der Waals surface area contributed by atoms with E-state index in [-0.39, 0.29) is 22.4 Å². The third kappa shape index (κ3) is 5.15. The molecule has 32 heavy (non-hydrogen) atoms. The molecule has 3 rings (SSSR count). The monoisotopic (exact) mass is 458 g/mol. The van der Waals surface area contributed by atoms with Crippen molar-refractivity contribution in [1.29, 1.82) is 0 Å². The predicted octanol–water partition coefficient (Wildman–Crippen LogP) is 4.68. The highest BCUT2D eigenvalue weighted by Crippen LogP contribution is 2.28. The van der Waals surface area contributed by atoms with Gasteiger partial charge in [-0.1, -0.05) is 25.0 Å². The second kappa shape index (κ2) is 10.0. The van der Waals surface area contributed by atoms with Crippen LogP contribution in [0.4, 0.5) is 0 Å². The van der Waals surface area contributed by atoms with E-state index in [4.69, 9.17) is 4.74 Å². The molecular weight excluding hydrogens is 424 g/mol. The molecule has 2 aromatic carbocycles. The van der Waals surface area contributed by atoms with Crippen LogP contribution in [0.5, 0.6) is 5.75 Å². The topological polar surface area (TPSA) is 75.7 Å². The van der Waals surface area contributed by atoms with E-state index in [0.29, 0.717) is 18.8 Å². The van der Waals surface area contributed by atoms with Crippen molar-refractivity contribution in [3.8, 4) is 5.75 Å². The van der Waals surface area contributed by atoms with Crippen LogP contribution in [0, 0.1) is 20.8 Å². The lowest BCUT2D eigenvalue weighted by Gasteiger charge is -2.22. The number of carbonyl (C=O) groups excluding carboxylic acids is 1. The first-order valence-corrected chi connectivity index (χ1v) is 12.7. The van der Waals surface area contributed by atoms with Crippen LogP contribution in [0.2, 0.25) is 0 Å². The van der Waals surface area contributed by atoms with Crippen molar-refractivity contribution in [3.63, 3.8) is 0 Å². The summed E-state index contributed by atoms with van der Waals surface area (Å²) < 4.78 is 33.4. The number of nitrogens with zero attached hydrogens (tertiary/aromatic N) is 1. The molecule has 0 spiro atoms. The maximum absolute atomic E-state index is 13.2. The van der Waals surface area contributed by atoms with Crippen molar-refractivity contribution in [3.05, 3.63) is 58.1 Å². The van der Waals surface area contributed by atoms with Crippen molar-refractivity contribution < 1.29 is 17.9 Å². The molecular formula is C25H34N2O4S. The first-order chi connectivity index (χ1) is 15.1. The van der Waals surface area contributed by atoms with Crippen LogP contribution >= 0.6 is 0 Å². The number of rotatable bonds is 6. The summed E-state index contributed by atoms with van der Waals surface area (Å²) in [4.78, 5) is 13.3. The van der Waals surface area contributed by atoms with Crippen molar-refractivity contribution >= 4 is 15.9 Å². The Balaban J connectivity index is 1.89. The molecule has 0 unspecified atom stereocenters. The average molecular weight is 459 g/mol. The Hall–Kier alpha value is -2.38. The van der Waals surface area contributed by atoms with E-state index < -0.39 is 10.0 Å². The van der Waals surface area contributed by atoms with Crippen LogP contribution in [0.15, 0.2) is 35.2 Å². The van der Waals surface area contributed by atoms with Gasteiger partial charge in [-0.15, -0.1) is 0 Å². The van der Waals surface area contributed by atoms with Gasteiger partial charge in [0.1, 0.15) is 5.75 Å². The normalized spacial score (nSPS) is 16.3. The van der Waals surface area contributed by atoms with Crippen LogP contribution in [0.3, 0.4) is 0 Å². The zero-order valence-electron chi connectivity index (χ0n) is 19.7. The molecule has 1 aliphatic rings. The van der Waals surface area contributed by atoms with Crippen LogP contribution in [0.25, 0.3) is 0 Å². The maximum atomic E-state index is 13.2. The van der Waals surface area contributed by atoms with Gasteiger partial charge in [0, 0.05) is 13.1 Å². The molecule has 1 saturated heterocycles. The van der Waals surface area contributed by atoms with Crippen molar-refractivity contribution in [2.45, 2.75) is 64.3 Å². The highest BCUT2D eigenvalue weighted by molar-refractivity contribution is 7.89. The number of benzene rings is 2. The third-order valence-corrected chi connectivity index (χ3v) is 8.21. The van der Waals surface area contributed by atoms with Gasteiger partial charge in [0.2, 0.25) is 10.0 Å². The smallest absolute Gasteiger partial charge is 0.255 e. The highest BCUT2D eigenvalue weighted by atomic mass is 32.2. The van der Waals surface area contributed by atoms with Gasteiger partial charge in [0.05, 0.1) is 23.6 Å². The van der Waals surface area contributed by atoms with E-state index in [1.807, 2.05) is 20.8 Å². The number of hydrogen-bond donors (Lipinski definition) is 1. The summed E-state index contributed by atoms with van der Waals surface area (Å²) in [6.07, 6.45) is 3.79. The minimum Gasteiger partial charge on any atom is -0.496 e. The summed E-state index contributed by atoms with van der Waals surface area (Å²) in [6.45, 7) is 9.10. The molecule has 7 heteroatoms. The number of carbonyl (C=O) groups is 1. The lowest BCUT2D eigenvalue weighted by atomic mass is 9.96. The Labute approximate surface area is 192 Å². The predicted molar refractivity (Wildman–Crippen MR) is 127 cm³/mol. The number of hydrogen-bond acceptors (Lipinski definition) is 4. The molecule has 174 valence electrons. The van der Waals surface area contributed by atoms with Crippen molar-refractivity contribution in [1.82, 2.24) is 9.62 Å². The Morgan fingerprint density at radius 1 is 0.969 bits per heavy atom. The Morgan fingerprint density at radius 3 is 2.22 bits per heavy atom. The molecule has 1 fully saturated rings. The van der Waals surface area contributed by atoms with Crippen LogP contribution < -0.4 is 10.1 Å². The fourth-order valence-electron chi connectivity index (χ4n) is 4.26. The van der Waals surface area contributed by atoms with Gasteiger partial charge in [-0.2, -0.15) is 4.31 Å². The van der Waals surface area contributed by atoms with Crippen molar-refractivity contribution in [2.75, 3.05) is 20.2 Å². The van der Waals surface area contributed by atoms with Gasteiger partial charge >= 0.3 is 0 Å². The summed E-state index contributed by atoms with van der Waals surface area (Å²) >= 11 is 0. The van der Waals surface area contributed by atoms with Crippen LogP contribution in [-0.2, 0) is 10.0 Å². The minimum atomic E-state index is -3.67. The Morgan fingerprint density at radius 2 is 1.59 bits per heavy atom. The number of ether oxygens (including phenoxy) is 1. The Kier molecular flexibility index (Phi) is 7.62. The molecule has 0 bridgehead atoms. The largest absolute Gasteiger partial charge is 0.496 e. The first kappa shape index (κ1) is 24.3. The first-order valence-electron chi connectivity index (χ1n) is 11.2. The van der Waals surface area contributed by atoms with Crippen LogP contribution in [0.1, 0.15) is 71.3 Å². The molecule has 0 saturated carbocycles. The van der Waals surface area contributed by atoms with Crippen molar-refractivity contribution in [2.24, 2.45) is 0 Å². The van der Waals surface area contributed by atoms with E-state index in [9.17, 15) is 13.2 Å².